The highest BCUT2D eigenvalue weighted by Gasteiger charge is 2.31. The van der Waals surface area contributed by atoms with Gasteiger partial charge in [-0.15, -0.1) is 0 Å². The SMILES string of the molecule is CSC1(CNC(=O)c2cc(N)c(F)cc2Br)CCCCC1. The van der Waals surface area contributed by atoms with Crippen LogP contribution in [0.2, 0.25) is 0 Å². The van der Waals surface area contributed by atoms with Crippen LogP contribution < -0.4 is 11.1 Å². The highest BCUT2D eigenvalue weighted by atomic mass is 79.9. The molecule has 3 N–H and O–H groups in total. The standard InChI is InChI=1S/C15H20BrFN2OS/c1-21-15(5-3-2-4-6-15)9-19-14(20)10-7-13(18)12(17)8-11(10)16/h7-8H,2-6,9,18H2,1H3,(H,19,20). The number of nitrogens with two attached hydrogens (primary N) is 1. The molecule has 1 fully saturated rings. The number of rotatable bonds is 4. The predicted octanol–water partition coefficient (Wildman–Crippen LogP) is 3.97. The van der Waals surface area contributed by atoms with Gasteiger partial charge in [0.05, 0.1) is 11.3 Å². The molecule has 2 rings (SSSR count). The summed E-state index contributed by atoms with van der Waals surface area (Å²) in [6.07, 6.45) is 8.05. The number of benzene rings is 1. The Morgan fingerprint density at radius 1 is 1.43 bits per heavy atom. The molecule has 0 saturated heterocycles. The van der Waals surface area contributed by atoms with Gasteiger partial charge in [0.25, 0.3) is 5.91 Å². The molecule has 0 atom stereocenters. The van der Waals surface area contributed by atoms with Gasteiger partial charge in [-0.05, 0) is 47.2 Å². The number of halogens is 2. The van der Waals surface area contributed by atoms with Crippen LogP contribution in [-0.2, 0) is 0 Å². The fourth-order valence-electron chi connectivity index (χ4n) is 2.73. The van der Waals surface area contributed by atoms with Crippen LogP contribution in [0, 0.1) is 5.82 Å². The van der Waals surface area contributed by atoms with Crippen LogP contribution in [0.25, 0.3) is 0 Å². The second-order valence-corrected chi connectivity index (χ2v) is 7.61. The summed E-state index contributed by atoms with van der Waals surface area (Å²) in [6.45, 7) is 0.636. The number of nitrogen functional groups attached to an aromatic ring is 1. The van der Waals surface area contributed by atoms with E-state index in [9.17, 15) is 9.18 Å². The number of thioether (sulfide) groups is 1. The van der Waals surface area contributed by atoms with Crippen LogP contribution in [0.3, 0.4) is 0 Å². The van der Waals surface area contributed by atoms with E-state index in [2.05, 4.69) is 27.5 Å². The molecule has 0 unspecified atom stereocenters. The van der Waals surface area contributed by atoms with Crippen molar-refractivity contribution in [3.8, 4) is 0 Å². The average Bonchev–Trinajstić information content (AvgIpc) is 2.49. The molecule has 1 aliphatic rings. The number of carbonyl (C=O) groups is 1. The van der Waals surface area contributed by atoms with E-state index in [1.807, 2.05) is 11.8 Å². The number of anilines is 1. The van der Waals surface area contributed by atoms with E-state index >= 15 is 0 Å². The molecule has 0 aliphatic heterocycles. The maximum absolute atomic E-state index is 13.3. The zero-order valence-electron chi connectivity index (χ0n) is 12.0. The molecule has 1 saturated carbocycles. The summed E-state index contributed by atoms with van der Waals surface area (Å²) < 4.78 is 13.9. The van der Waals surface area contributed by atoms with E-state index in [4.69, 9.17) is 5.73 Å². The quantitative estimate of drug-likeness (QED) is 0.784. The molecule has 0 aromatic heterocycles. The lowest BCUT2D eigenvalue weighted by Crippen LogP contribution is -2.41. The van der Waals surface area contributed by atoms with Crippen molar-refractivity contribution in [2.24, 2.45) is 0 Å². The fraction of sp³-hybridized carbons (Fsp3) is 0.533. The van der Waals surface area contributed by atoms with Gasteiger partial charge in [0.15, 0.2) is 0 Å². The highest BCUT2D eigenvalue weighted by Crippen LogP contribution is 2.38. The minimum atomic E-state index is -0.522. The molecule has 0 bridgehead atoms. The highest BCUT2D eigenvalue weighted by molar-refractivity contribution is 9.10. The van der Waals surface area contributed by atoms with Crippen molar-refractivity contribution in [2.75, 3.05) is 18.5 Å². The molecule has 3 nitrogen and oxygen atoms in total. The van der Waals surface area contributed by atoms with Gasteiger partial charge in [-0.3, -0.25) is 4.79 Å². The van der Waals surface area contributed by atoms with E-state index in [-0.39, 0.29) is 16.3 Å². The first-order valence-electron chi connectivity index (χ1n) is 7.05. The lowest BCUT2D eigenvalue weighted by atomic mass is 9.88. The molecule has 0 radical (unpaired) electrons. The smallest absolute Gasteiger partial charge is 0.252 e. The van der Waals surface area contributed by atoms with E-state index < -0.39 is 5.82 Å². The Labute approximate surface area is 137 Å². The number of nitrogens with one attached hydrogen (secondary N) is 1. The first-order chi connectivity index (χ1) is 9.97. The van der Waals surface area contributed by atoms with Crippen molar-refractivity contribution in [3.05, 3.63) is 28.0 Å². The van der Waals surface area contributed by atoms with Gasteiger partial charge in [0, 0.05) is 15.8 Å². The van der Waals surface area contributed by atoms with E-state index in [1.54, 1.807) is 0 Å². The van der Waals surface area contributed by atoms with Crippen LogP contribution >= 0.6 is 27.7 Å². The maximum atomic E-state index is 13.3. The largest absolute Gasteiger partial charge is 0.396 e. The van der Waals surface area contributed by atoms with Crippen LogP contribution in [-0.4, -0.2) is 23.5 Å². The van der Waals surface area contributed by atoms with E-state index in [0.717, 1.165) is 12.8 Å². The van der Waals surface area contributed by atoms with Crippen molar-refractivity contribution < 1.29 is 9.18 Å². The van der Waals surface area contributed by atoms with E-state index in [1.165, 1.54) is 31.4 Å². The Morgan fingerprint density at radius 2 is 2.10 bits per heavy atom. The van der Waals surface area contributed by atoms with Crippen molar-refractivity contribution in [2.45, 2.75) is 36.9 Å². The Hall–Kier alpha value is -0.750. The topological polar surface area (TPSA) is 55.1 Å². The lowest BCUT2D eigenvalue weighted by Gasteiger charge is -2.35. The number of hydrogen-bond donors (Lipinski definition) is 2. The zero-order chi connectivity index (χ0) is 15.5. The molecule has 6 heteroatoms. The predicted molar refractivity (Wildman–Crippen MR) is 90.2 cm³/mol. The Bertz CT molecular complexity index is 533. The minimum absolute atomic E-state index is 0.0133. The molecule has 1 aromatic carbocycles. The molecule has 1 amide bonds. The van der Waals surface area contributed by atoms with Crippen molar-refractivity contribution >= 4 is 39.3 Å². The molecule has 1 aromatic rings. The number of amides is 1. The second-order valence-electron chi connectivity index (χ2n) is 5.48. The van der Waals surface area contributed by atoms with Crippen molar-refractivity contribution in [1.82, 2.24) is 5.32 Å². The molecule has 1 aliphatic carbocycles. The fourth-order valence-corrected chi connectivity index (χ4v) is 4.13. The summed E-state index contributed by atoms with van der Waals surface area (Å²) >= 11 is 5.05. The average molecular weight is 375 g/mol. The molecule has 0 heterocycles. The van der Waals surface area contributed by atoms with Crippen molar-refractivity contribution in [3.63, 3.8) is 0 Å². The Kier molecular flexibility index (Phi) is 5.54. The zero-order valence-corrected chi connectivity index (χ0v) is 14.4. The summed E-state index contributed by atoms with van der Waals surface area (Å²) in [5.41, 5.74) is 5.90. The Morgan fingerprint density at radius 3 is 2.71 bits per heavy atom. The summed E-state index contributed by atoms with van der Waals surface area (Å²) in [5.74, 6) is -0.737. The monoisotopic (exact) mass is 374 g/mol. The summed E-state index contributed by atoms with van der Waals surface area (Å²) in [7, 11) is 0. The molecular formula is C15H20BrFN2OS. The van der Waals surface area contributed by atoms with Gasteiger partial charge in [-0.2, -0.15) is 11.8 Å². The second kappa shape index (κ2) is 7.01. The van der Waals surface area contributed by atoms with Gasteiger partial charge in [0.1, 0.15) is 5.82 Å². The summed E-state index contributed by atoms with van der Waals surface area (Å²) in [6, 6.07) is 2.61. The number of carbonyl (C=O) groups excluding carboxylic acids is 1. The van der Waals surface area contributed by atoms with Gasteiger partial charge < -0.3 is 11.1 Å². The van der Waals surface area contributed by atoms with Crippen LogP contribution in [0.5, 0.6) is 0 Å². The molecule has 116 valence electrons. The third kappa shape index (κ3) is 3.92. The van der Waals surface area contributed by atoms with Crippen LogP contribution in [0.1, 0.15) is 42.5 Å². The van der Waals surface area contributed by atoms with Gasteiger partial charge in [-0.25, -0.2) is 4.39 Å². The first kappa shape index (κ1) is 16.6. The normalized spacial score (nSPS) is 17.5. The van der Waals surface area contributed by atoms with Gasteiger partial charge >= 0.3 is 0 Å². The minimum Gasteiger partial charge on any atom is -0.396 e. The molecule has 21 heavy (non-hydrogen) atoms. The van der Waals surface area contributed by atoms with Gasteiger partial charge in [0.2, 0.25) is 0 Å². The Balaban J connectivity index is 2.06. The van der Waals surface area contributed by atoms with E-state index in [0.29, 0.717) is 16.6 Å². The van der Waals surface area contributed by atoms with Crippen LogP contribution in [0.15, 0.2) is 16.6 Å². The number of hydrogen-bond acceptors (Lipinski definition) is 3. The third-order valence-corrected chi connectivity index (χ3v) is 6.17. The third-order valence-electron chi connectivity index (χ3n) is 4.10. The lowest BCUT2D eigenvalue weighted by molar-refractivity contribution is 0.0946. The maximum Gasteiger partial charge on any atom is 0.252 e. The summed E-state index contributed by atoms with van der Waals surface area (Å²) in [5, 5.41) is 2.98. The van der Waals surface area contributed by atoms with Crippen molar-refractivity contribution in [1.29, 1.82) is 0 Å². The van der Waals surface area contributed by atoms with Crippen LogP contribution in [0.4, 0.5) is 10.1 Å². The molecule has 0 spiro atoms. The summed E-state index contributed by atoms with van der Waals surface area (Å²) in [4.78, 5) is 12.3. The van der Waals surface area contributed by atoms with Gasteiger partial charge in [-0.1, -0.05) is 19.3 Å². The first-order valence-corrected chi connectivity index (χ1v) is 9.07. The molecular weight excluding hydrogens is 355 g/mol.